The Kier molecular flexibility index (Phi) is 19.9. The molecular formula is C44H66N6O11. The number of fused-ring (bicyclic) bond motifs is 1. The van der Waals surface area contributed by atoms with Crippen molar-refractivity contribution in [3.8, 4) is 0 Å². The van der Waals surface area contributed by atoms with E-state index in [0.717, 1.165) is 35.6 Å². The largest absolute Gasteiger partial charge is 0.481 e. The first-order chi connectivity index (χ1) is 28.8. The summed E-state index contributed by atoms with van der Waals surface area (Å²) in [5.41, 5.74) is 0.188. The summed E-state index contributed by atoms with van der Waals surface area (Å²) < 4.78 is 6.03. The summed E-state index contributed by atoms with van der Waals surface area (Å²) in [7, 11) is 1.91. The molecule has 2 aromatic carbocycles. The van der Waals surface area contributed by atoms with Crippen LogP contribution in [0.5, 0.6) is 0 Å². The van der Waals surface area contributed by atoms with Crippen molar-refractivity contribution in [2.24, 2.45) is 11.8 Å². The highest BCUT2D eigenvalue weighted by Gasteiger charge is 2.31. The quantitative estimate of drug-likeness (QED) is 0.0614. The van der Waals surface area contributed by atoms with Crippen LogP contribution in [0.2, 0.25) is 0 Å². The normalized spacial score (nSPS) is 17.0. The molecule has 1 fully saturated rings. The average molecular weight is 855 g/mol. The fourth-order valence-electron chi connectivity index (χ4n) is 7.14. The highest BCUT2D eigenvalue weighted by Crippen LogP contribution is 2.29. The number of rotatable bonds is 26. The third-order valence-electron chi connectivity index (χ3n) is 11.2. The van der Waals surface area contributed by atoms with Gasteiger partial charge in [0.05, 0.1) is 12.0 Å². The predicted molar refractivity (Wildman–Crippen MR) is 229 cm³/mol. The number of hydrogen-bond acceptors (Lipinski definition) is 9. The third-order valence-corrected chi connectivity index (χ3v) is 11.2. The van der Waals surface area contributed by atoms with Crippen LogP contribution in [0, 0.1) is 11.8 Å². The lowest BCUT2D eigenvalue weighted by Crippen LogP contribution is -2.51. The second-order valence-corrected chi connectivity index (χ2v) is 17.3. The first-order valence-electron chi connectivity index (χ1n) is 21.2. The summed E-state index contributed by atoms with van der Waals surface area (Å²) in [4.78, 5) is 86.5. The number of carboxylic acid groups (broad SMARTS) is 3. The lowest BCUT2D eigenvalue weighted by molar-refractivity contribution is -0.141. The highest BCUT2D eigenvalue weighted by molar-refractivity contribution is 5.89. The molecule has 0 saturated heterocycles. The van der Waals surface area contributed by atoms with Gasteiger partial charge in [0.25, 0.3) is 0 Å². The van der Waals surface area contributed by atoms with E-state index < -0.39 is 60.0 Å². The van der Waals surface area contributed by atoms with Crippen LogP contribution >= 0.6 is 0 Å². The number of aliphatic carboxylic acids is 3. The van der Waals surface area contributed by atoms with Crippen molar-refractivity contribution < 1.29 is 53.6 Å². The lowest BCUT2D eigenvalue weighted by Gasteiger charge is -2.30. The molecule has 2 aromatic rings. The molecular weight excluding hydrogens is 789 g/mol. The number of amides is 5. The molecule has 338 valence electrons. The molecule has 0 aromatic heterocycles. The molecule has 0 heterocycles. The van der Waals surface area contributed by atoms with Gasteiger partial charge in [-0.2, -0.15) is 0 Å². The zero-order chi connectivity index (χ0) is 45.2. The van der Waals surface area contributed by atoms with Crippen molar-refractivity contribution in [3.63, 3.8) is 0 Å². The van der Waals surface area contributed by atoms with Gasteiger partial charge in [-0.1, -0.05) is 42.5 Å². The predicted octanol–water partition coefficient (Wildman–Crippen LogP) is 3.72. The molecule has 17 heteroatoms. The van der Waals surface area contributed by atoms with Crippen LogP contribution in [0.1, 0.15) is 104 Å². The van der Waals surface area contributed by atoms with Gasteiger partial charge in [-0.3, -0.25) is 19.2 Å². The Labute approximate surface area is 357 Å². The number of hydrogen-bond donors (Lipinski definition) is 9. The van der Waals surface area contributed by atoms with E-state index in [1.54, 1.807) is 0 Å². The van der Waals surface area contributed by atoms with Gasteiger partial charge in [0.2, 0.25) is 17.7 Å². The van der Waals surface area contributed by atoms with Crippen LogP contribution < -0.4 is 31.9 Å². The van der Waals surface area contributed by atoms with Gasteiger partial charge in [0, 0.05) is 44.0 Å². The van der Waals surface area contributed by atoms with Gasteiger partial charge in [-0.15, -0.1) is 0 Å². The summed E-state index contributed by atoms with van der Waals surface area (Å²) in [6.07, 6.45) is 3.69. The molecule has 3 atom stereocenters. The van der Waals surface area contributed by atoms with E-state index in [2.05, 4.69) is 45.7 Å². The Bertz CT molecular complexity index is 1810. The van der Waals surface area contributed by atoms with Crippen LogP contribution in [-0.4, -0.2) is 113 Å². The standard InChI is InChI=1S/C44H66N6O11/c1-43(2,45-5)21-23-61-44(3,4)26-36(51)47-27-28-13-17-31(18-14-28)38(54)48-35(25-29-15-16-30-10-6-7-11-32(30)24-29)39(55)46-22-9-8-12-33(40(56)57)49-42(60)50-34(41(58)59)19-20-37(52)53/h6-7,10-11,15-16,24,28,31,33-35,45H,8-9,12-14,17-23,25-27H2,1-5H3,(H,46,55)(H,47,51)(H,48,54)(H,52,53)(H,56,57)(H,58,59)(H2,49,50,60)/t28?,31?,33?,34-,35-/m0/s1. The van der Waals surface area contributed by atoms with Crippen LogP contribution in [0.15, 0.2) is 42.5 Å². The second-order valence-electron chi connectivity index (χ2n) is 17.3. The van der Waals surface area contributed by atoms with Gasteiger partial charge < -0.3 is 52.0 Å². The first-order valence-corrected chi connectivity index (χ1v) is 21.2. The molecule has 5 amide bonds. The number of carbonyl (C=O) groups is 7. The Morgan fingerprint density at radius 1 is 0.770 bits per heavy atom. The van der Waals surface area contributed by atoms with E-state index >= 15 is 0 Å². The monoisotopic (exact) mass is 854 g/mol. The molecule has 9 N–H and O–H groups in total. The lowest BCUT2D eigenvalue weighted by atomic mass is 9.81. The summed E-state index contributed by atoms with van der Waals surface area (Å²) in [5.74, 6) is -4.82. The van der Waals surface area contributed by atoms with Crippen molar-refractivity contribution in [1.82, 2.24) is 31.9 Å². The molecule has 0 radical (unpaired) electrons. The average Bonchev–Trinajstić information content (AvgIpc) is 3.20. The van der Waals surface area contributed by atoms with E-state index in [0.29, 0.717) is 32.4 Å². The number of urea groups is 1. The molecule has 0 spiro atoms. The van der Waals surface area contributed by atoms with Crippen LogP contribution in [0.3, 0.4) is 0 Å². The van der Waals surface area contributed by atoms with Crippen LogP contribution in [0.4, 0.5) is 4.79 Å². The Morgan fingerprint density at radius 3 is 2.03 bits per heavy atom. The van der Waals surface area contributed by atoms with Crippen molar-refractivity contribution in [3.05, 3.63) is 48.0 Å². The van der Waals surface area contributed by atoms with Crippen molar-refractivity contribution in [2.45, 2.75) is 134 Å². The molecule has 1 unspecified atom stereocenters. The minimum atomic E-state index is -1.52. The fraction of sp³-hybridized carbons (Fsp3) is 0.614. The third kappa shape index (κ3) is 18.5. The van der Waals surface area contributed by atoms with Gasteiger partial charge in [0.15, 0.2) is 0 Å². The maximum absolute atomic E-state index is 13.7. The molecule has 0 aliphatic heterocycles. The van der Waals surface area contributed by atoms with E-state index in [9.17, 15) is 43.8 Å². The number of carboxylic acids is 3. The second kappa shape index (κ2) is 24.2. The Hall–Kier alpha value is -5.29. The highest BCUT2D eigenvalue weighted by atomic mass is 16.5. The van der Waals surface area contributed by atoms with Crippen molar-refractivity contribution in [1.29, 1.82) is 0 Å². The van der Waals surface area contributed by atoms with Crippen LogP contribution in [0.25, 0.3) is 10.8 Å². The first kappa shape index (κ1) is 50.1. The Balaban J connectivity index is 1.52. The number of carbonyl (C=O) groups excluding carboxylic acids is 4. The van der Waals surface area contributed by atoms with E-state index in [4.69, 9.17) is 9.84 Å². The van der Waals surface area contributed by atoms with Crippen molar-refractivity contribution in [2.75, 3.05) is 26.7 Å². The summed E-state index contributed by atoms with van der Waals surface area (Å²) >= 11 is 0. The smallest absolute Gasteiger partial charge is 0.326 e. The van der Waals surface area contributed by atoms with Gasteiger partial charge in [-0.25, -0.2) is 14.4 Å². The summed E-state index contributed by atoms with van der Waals surface area (Å²) in [6.45, 7) is 9.22. The van der Waals surface area contributed by atoms with E-state index in [1.165, 1.54) is 0 Å². The molecule has 61 heavy (non-hydrogen) atoms. The zero-order valence-corrected chi connectivity index (χ0v) is 36.1. The van der Waals surface area contributed by atoms with E-state index in [1.807, 2.05) is 63.4 Å². The maximum atomic E-state index is 13.7. The maximum Gasteiger partial charge on any atom is 0.326 e. The molecule has 3 rings (SSSR count). The molecule has 1 aliphatic rings. The topological polar surface area (TPSA) is 262 Å². The fourth-order valence-corrected chi connectivity index (χ4v) is 7.14. The van der Waals surface area contributed by atoms with Crippen LogP contribution in [-0.2, 0) is 39.9 Å². The number of ether oxygens (including phenoxy) is 1. The minimum absolute atomic E-state index is 0.0304. The molecule has 1 saturated carbocycles. The number of benzene rings is 2. The number of unbranched alkanes of at least 4 members (excludes halogenated alkanes) is 1. The number of nitrogens with one attached hydrogen (secondary N) is 6. The molecule has 17 nitrogen and oxygen atoms in total. The molecule has 1 aliphatic carbocycles. The van der Waals surface area contributed by atoms with Crippen molar-refractivity contribution >= 4 is 52.4 Å². The summed E-state index contributed by atoms with van der Waals surface area (Å²) in [6, 6.07) is 8.86. The minimum Gasteiger partial charge on any atom is -0.481 e. The van der Waals surface area contributed by atoms with Gasteiger partial charge in [0.1, 0.15) is 18.1 Å². The zero-order valence-electron chi connectivity index (χ0n) is 36.1. The van der Waals surface area contributed by atoms with Gasteiger partial charge >= 0.3 is 23.9 Å². The summed E-state index contributed by atoms with van der Waals surface area (Å²) in [5, 5.41) is 46.2. The Morgan fingerprint density at radius 2 is 1.41 bits per heavy atom. The van der Waals surface area contributed by atoms with E-state index in [-0.39, 0.29) is 67.8 Å². The SMILES string of the molecule is CNC(C)(C)CCOC(C)(C)CC(=O)NCC1CCC(C(=O)N[C@@H](Cc2ccc3ccccc3c2)C(=O)NCCCCC(NC(=O)N[C@@H](CCC(=O)O)C(=O)O)C(=O)O)CC1. The molecule has 0 bridgehead atoms. The van der Waals surface area contributed by atoms with Gasteiger partial charge in [-0.05, 0) is 115 Å².